The van der Waals surface area contributed by atoms with Crippen molar-refractivity contribution < 1.29 is 0 Å². The van der Waals surface area contributed by atoms with Crippen molar-refractivity contribution in [2.75, 3.05) is 0 Å². The summed E-state index contributed by atoms with van der Waals surface area (Å²) in [5.74, 6) is 0. The topological polar surface area (TPSA) is 0 Å². The van der Waals surface area contributed by atoms with E-state index < -0.39 is 0 Å². The lowest BCUT2D eigenvalue weighted by atomic mass is 9.85. The summed E-state index contributed by atoms with van der Waals surface area (Å²) in [4.78, 5) is 0. The third-order valence-electron chi connectivity index (χ3n) is 7.66. The minimum absolute atomic E-state index is 1.19. The molecule has 0 unspecified atom stereocenters. The number of aryl methyl sites for hydroxylation is 1. The molecule has 0 amide bonds. The van der Waals surface area contributed by atoms with Crippen LogP contribution in [0.1, 0.15) is 16.7 Å². The third-order valence-corrected chi connectivity index (χ3v) is 7.66. The van der Waals surface area contributed by atoms with Gasteiger partial charge in [0.1, 0.15) is 0 Å². The van der Waals surface area contributed by atoms with Crippen molar-refractivity contribution >= 4 is 44.5 Å². The maximum Gasteiger partial charge on any atom is -0.00262 e. The van der Waals surface area contributed by atoms with Crippen molar-refractivity contribution in [2.24, 2.45) is 0 Å². The molecule has 0 aliphatic rings. The van der Waals surface area contributed by atoms with Crippen LogP contribution in [0.5, 0.6) is 0 Å². The van der Waals surface area contributed by atoms with Crippen LogP contribution >= 0.6 is 0 Å². The molecule has 7 aromatic rings. The summed E-state index contributed by atoms with van der Waals surface area (Å²) < 4.78 is 0. The Balaban J connectivity index is 1.46. The van der Waals surface area contributed by atoms with Crippen LogP contribution in [0.4, 0.5) is 0 Å². The van der Waals surface area contributed by atoms with E-state index in [-0.39, 0.29) is 0 Å². The van der Waals surface area contributed by atoms with E-state index in [1.165, 1.54) is 71.3 Å². The first-order valence-electron chi connectivity index (χ1n) is 13.5. The highest BCUT2D eigenvalue weighted by Crippen LogP contribution is 2.44. The number of hydrogen-bond donors (Lipinski definition) is 0. The van der Waals surface area contributed by atoms with Crippen molar-refractivity contribution in [3.8, 4) is 22.3 Å². The number of hydrogen-bond acceptors (Lipinski definition) is 0. The summed E-state index contributed by atoms with van der Waals surface area (Å²) in [6, 6.07) is 50.7. The Hall–Kier alpha value is -4.94. The molecule has 0 fully saturated rings. The van der Waals surface area contributed by atoms with Crippen molar-refractivity contribution in [2.45, 2.75) is 6.92 Å². The lowest BCUT2D eigenvalue weighted by Crippen LogP contribution is -1.91. The van der Waals surface area contributed by atoms with E-state index in [1.807, 2.05) is 0 Å². The zero-order valence-electron chi connectivity index (χ0n) is 21.9. The minimum atomic E-state index is 1.19. The van der Waals surface area contributed by atoms with Crippen LogP contribution < -0.4 is 0 Å². The molecular formula is C39H28. The van der Waals surface area contributed by atoms with E-state index in [9.17, 15) is 0 Å². The number of benzene rings is 7. The van der Waals surface area contributed by atoms with E-state index in [4.69, 9.17) is 0 Å². The Morgan fingerprint density at radius 1 is 0.385 bits per heavy atom. The fourth-order valence-electron chi connectivity index (χ4n) is 5.83. The number of fused-ring (bicyclic) bond motifs is 3. The molecule has 0 atom stereocenters. The van der Waals surface area contributed by atoms with Crippen LogP contribution in [0.25, 0.3) is 66.7 Å². The summed E-state index contributed by atoms with van der Waals surface area (Å²) in [6.45, 7) is 2.15. The standard InChI is InChI=1S/C39H28/c1-27-18-21-31-26-33(23-22-30(31)24-27)39-36-16-7-5-14-34(36)38(35-15-6-8-17-37(35)39)32-13-9-12-29(25-32)20-19-28-10-3-2-4-11-28/h2-26H,1H3/b20-19+. The molecule has 0 aliphatic heterocycles. The molecule has 0 aromatic heterocycles. The van der Waals surface area contributed by atoms with Crippen LogP contribution in [0.15, 0.2) is 140 Å². The monoisotopic (exact) mass is 496 g/mol. The van der Waals surface area contributed by atoms with Gasteiger partial charge in [-0.15, -0.1) is 0 Å². The molecule has 7 rings (SSSR count). The average molecular weight is 497 g/mol. The predicted octanol–water partition coefficient (Wildman–Crippen LogP) is 11.0. The Bertz CT molecular complexity index is 1950. The SMILES string of the molecule is Cc1ccc2cc(-c3c4ccccc4c(-c4cccc(/C=C/c5ccccc5)c4)c4ccccc34)ccc2c1. The Morgan fingerprint density at radius 3 is 1.56 bits per heavy atom. The third kappa shape index (κ3) is 4.31. The molecule has 0 bridgehead atoms. The van der Waals surface area contributed by atoms with E-state index in [0.29, 0.717) is 0 Å². The lowest BCUT2D eigenvalue weighted by molar-refractivity contribution is 1.51. The van der Waals surface area contributed by atoms with Gasteiger partial charge in [0.2, 0.25) is 0 Å². The molecule has 0 heterocycles. The van der Waals surface area contributed by atoms with E-state index in [0.717, 1.165) is 0 Å². The van der Waals surface area contributed by atoms with Crippen molar-refractivity contribution in [3.05, 3.63) is 156 Å². The van der Waals surface area contributed by atoms with Crippen molar-refractivity contribution in [3.63, 3.8) is 0 Å². The molecule has 184 valence electrons. The van der Waals surface area contributed by atoms with E-state index in [2.05, 4.69) is 159 Å². The summed E-state index contributed by atoms with van der Waals surface area (Å²) in [6.07, 6.45) is 4.38. The Morgan fingerprint density at radius 2 is 0.897 bits per heavy atom. The second-order valence-corrected chi connectivity index (χ2v) is 10.3. The molecule has 0 N–H and O–H groups in total. The van der Waals surface area contributed by atoms with Gasteiger partial charge in [-0.05, 0) is 84.8 Å². The molecule has 0 nitrogen and oxygen atoms in total. The number of rotatable bonds is 4. The molecule has 0 saturated carbocycles. The van der Waals surface area contributed by atoms with Crippen LogP contribution in [-0.4, -0.2) is 0 Å². The van der Waals surface area contributed by atoms with Gasteiger partial charge in [-0.25, -0.2) is 0 Å². The quantitative estimate of drug-likeness (QED) is 0.168. The van der Waals surface area contributed by atoms with Crippen molar-refractivity contribution in [1.29, 1.82) is 0 Å². The zero-order chi connectivity index (χ0) is 26.2. The normalized spacial score (nSPS) is 11.6. The van der Waals surface area contributed by atoms with Gasteiger partial charge >= 0.3 is 0 Å². The Kier molecular flexibility index (Phi) is 5.79. The lowest BCUT2D eigenvalue weighted by Gasteiger charge is -2.18. The molecule has 0 radical (unpaired) electrons. The summed E-state index contributed by atoms with van der Waals surface area (Å²) in [5.41, 5.74) is 8.76. The fraction of sp³-hybridized carbons (Fsp3) is 0.0256. The highest BCUT2D eigenvalue weighted by molar-refractivity contribution is 6.21. The van der Waals surface area contributed by atoms with Gasteiger partial charge in [0.05, 0.1) is 0 Å². The van der Waals surface area contributed by atoms with E-state index in [1.54, 1.807) is 0 Å². The highest BCUT2D eigenvalue weighted by atomic mass is 14.2. The van der Waals surface area contributed by atoms with Gasteiger partial charge in [0.15, 0.2) is 0 Å². The first kappa shape index (κ1) is 23.2. The summed E-state index contributed by atoms with van der Waals surface area (Å²) in [5, 5.41) is 7.67. The van der Waals surface area contributed by atoms with Gasteiger partial charge < -0.3 is 0 Å². The second kappa shape index (κ2) is 9.74. The molecule has 0 aliphatic carbocycles. The smallest absolute Gasteiger partial charge is 0.00262 e. The van der Waals surface area contributed by atoms with Crippen LogP contribution in [0.2, 0.25) is 0 Å². The van der Waals surface area contributed by atoms with Crippen molar-refractivity contribution in [1.82, 2.24) is 0 Å². The molecular weight excluding hydrogens is 468 g/mol. The summed E-state index contributed by atoms with van der Waals surface area (Å²) in [7, 11) is 0. The maximum absolute atomic E-state index is 2.34. The maximum atomic E-state index is 2.34. The fourth-order valence-corrected chi connectivity index (χ4v) is 5.83. The van der Waals surface area contributed by atoms with Gasteiger partial charge in [-0.3, -0.25) is 0 Å². The van der Waals surface area contributed by atoms with Crippen LogP contribution in [0, 0.1) is 6.92 Å². The predicted molar refractivity (Wildman–Crippen MR) is 170 cm³/mol. The van der Waals surface area contributed by atoms with Crippen LogP contribution in [0.3, 0.4) is 0 Å². The second-order valence-electron chi connectivity index (χ2n) is 10.3. The summed E-state index contributed by atoms with van der Waals surface area (Å²) >= 11 is 0. The molecule has 0 saturated heterocycles. The average Bonchev–Trinajstić information content (AvgIpc) is 2.99. The molecule has 0 heteroatoms. The molecule has 7 aromatic carbocycles. The molecule has 0 spiro atoms. The molecule has 39 heavy (non-hydrogen) atoms. The Labute approximate surface area is 229 Å². The minimum Gasteiger partial charge on any atom is -0.0622 e. The first-order valence-corrected chi connectivity index (χ1v) is 13.5. The van der Waals surface area contributed by atoms with Gasteiger partial charge in [0, 0.05) is 0 Å². The van der Waals surface area contributed by atoms with Crippen LogP contribution in [-0.2, 0) is 0 Å². The van der Waals surface area contributed by atoms with Gasteiger partial charge in [-0.1, -0.05) is 145 Å². The highest BCUT2D eigenvalue weighted by Gasteiger charge is 2.16. The van der Waals surface area contributed by atoms with E-state index >= 15 is 0 Å². The van der Waals surface area contributed by atoms with Gasteiger partial charge in [-0.2, -0.15) is 0 Å². The first-order chi connectivity index (χ1) is 19.2. The zero-order valence-corrected chi connectivity index (χ0v) is 21.9. The largest absolute Gasteiger partial charge is 0.0622 e. The van der Waals surface area contributed by atoms with Gasteiger partial charge in [0.25, 0.3) is 0 Å².